The highest BCUT2D eigenvalue weighted by Crippen LogP contribution is 2.40. The van der Waals surface area contributed by atoms with Crippen LogP contribution in [0.15, 0.2) is 12.3 Å². The van der Waals surface area contributed by atoms with Crippen LogP contribution in [0.5, 0.6) is 5.75 Å². The van der Waals surface area contributed by atoms with Gasteiger partial charge >= 0.3 is 6.18 Å². The van der Waals surface area contributed by atoms with Crippen molar-refractivity contribution in [2.75, 3.05) is 29.9 Å². The summed E-state index contributed by atoms with van der Waals surface area (Å²) >= 11 is 1.43. The lowest BCUT2D eigenvalue weighted by Gasteiger charge is -2.37. The van der Waals surface area contributed by atoms with Crippen molar-refractivity contribution in [1.29, 1.82) is 0 Å². The molecule has 166 valence electrons. The number of nitrogens with one attached hydrogen (secondary N) is 1. The molecular weight excluding hydrogens is 431 g/mol. The number of rotatable bonds is 5. The lowest BCUT2D eigenvalue weighted by Crippen LogP contribution is -2.48. The van der Waals surface area contributed by atoms with Gasteiger partial charge < -0.3 is 15.0 Å². The van der Waals surface area contributed by atoms with Crippen LogP contribution in [0.3, 0.4) is 0 Å². The van der Waals surface area contributed by atoms with Gasteiger partial charge in [0.25, 0.3) is 0 Å². The molecule has 1 aliphatic heterocycles. The van der Waals surface area contributed by atoms with Crippen molar-refractivity contribution in [2.24, 2.45) is 11.8 Å². The second-order valence-corrected chi connectivity index (χ2v) is 9.02. The molecule has 3 atom stereocenters. The molecule has 1 N–H and O–H groups in total. The third-order valence-corrected chi connectivity index (χ3v) is 6.71. The van der Waals surface area contributed by atoms with Crippen LogP contribution in [-0.2, 0) is 0 Å². The summed E-state index contributed by atoms with van der Waals surface area (Å²) in [7, 11) is 0. The Morgan fingerprint density at radius 1 is 1.19 bits per heavy atom. The molecule has 1 saturated carbocycles. The molecule has 3 aromatic heterocycles. The number of anilines is 2. The maximum absolute atomic E-state index is 12.6. The number of pyridine rings is 1. The van der Waals surface area contributed by atoms with Crippen LogP contribution in [0.25, 0.3) is 5.65 Å². The SMILES string of the molecule is Cc1cc(OCC(F)(F)F)c2nc(NC3C4CC[C@H]3CN(c3nc(C)ns3)C4)nn2c1. The molecule has 0 aromatic carbocycles. The third-order valence-electron chi connectivity index (χ3n) is 5.84. The summed E-state index contributed by atoms with van der Waals surface area (Å²) in [4.78, 5) is 11.3. The zero-order valence-corrected chi connectivity index (χ0v) is 17.9. The molecule has 0 radical (unpaired) electrons. The number of aromatic nitrogens is 5. The van der Waals surface area contributed by atoms with Crippen LogP contribution >= 0.6 is 11.5 Å². The maximum atomic E-state index is 12.6. The van der Waals surface area contributed by atoms with Gasteiger partial charge in [-0.05, 0) is 50.2 Å². The zero-order valence-electron chi connectivity index (χ0n) is 17.1. The minimum atomic E-state index is -4.42. The van der Waals surface area contributed by atoms with Gasteiger partial charge in [-0.3, -0.25) is 0 Å². The molecule has 2 fully saturated rings. The molecule has 3 aromatic rings. The number of piperidine rings is 1. The Morgan fingerprint density at radius 2 is 1.94 bits per heavy atom. The lowest BCUT2D eigenvalue weighted by atomic mass is 9.92. The molecule has 4 heterocycles. The molecule has 2 unspecified atom stereocenters. The molecule has 1 aliphatic carbocycles. The Labute approximate surface area is 180 Å². The number of halogens is 3. The van der Waals surface area contributed by atoms with Crippen molar-refractivity contribution in [3.63, 3.8) is 0 Å². The fourth-order valence-corrected chi connectivity index (χ4v) is 5.28. The van der Waals surface area contributed by atoms with Gasteiger partial charge in [0.2, 0.25) is 11.1 Å². The monoisotopic (exact) mass is 453 g/mol. The molecule has 8 nitrogen and oxygen atoms in total. The van der Waals surface area contributed by atoms with Gasteiger partial charge in [-0.25, -0.2) is 9.50 Å². The standard InChI is InChI=1S/C19H22F3N7OS/c1-10-5-14(30-9-19(20,21)22)16-25-17(26-29(16)6-10)24-15-12-3-4-13(15)8-28(7-12)18-23-11(2)27-31-18/h5-6,12-13,15H,3-4,7-9H2,1-2H3,(H,24,26)/t12-,13?,15?/m0/s1. The van der Waals surface area contributed by atoms with Crippen molar-refractivity contribution in [3.8, 4) is 5.75 Å². The van der Waals surface area contributed by atoms with Gasteiger partial charge in [0.05, 0.1) is 0 Å². The molecule has 0 amide bonds. The quantitative estimate of drug-likeness (QED) is 0.634. The summed E-state index contributed by atoms with van der Waals surface area (Å²) in [5.41, 5.74) is 1.01. The van der Waals surface area contributed by atoms with E-state index in [-0.39, 0.29) is 17.4 Å². The first kappa shape index (κ1) is 20.3. The normalized spacial score (nSPS) is 23.5. The Hall–Kier alpha value is -2.63. The predicted molar refractivity (Wildman–Crippen MR) is 110 cm³/mol. The Kier molecular flexibility index (Phi) is 4.91. The fraction of sp³-hybridized carbons (Fsp3) is 0.579. The number of alkyl halides is 3. The number of fused-ring (bicyclic) bond motifs is 3. The first-order chi connectivity index (χ1) is 14.7. The van der Waals surface area contributed by atoms with Gasteiger partial charge in [0.1, 0.15) is 5.82 Å². The molecule has 2 aliphatic rings. The van der Waals surface area contributed by atoms with Crippen LogP contribution in [0.1, 0.15) is 24.2 Å². The molecule has 0 spiro atoms. The van der Waals surface area contributed by atoms with Crippen molar-refractivity contribution in [3.05, 3.63) is 23.7 Å². The zero-order chi connectivity index (χ0) is 21.8. The Bertz CT molecular complexity index is 1080. The van der Waals surface area contributed by atoms with Gasteiger partial charge in [-0.2, -0.15) is 22.5 Å². The van der Waals surface area contributed by atoms with E-state index in [0.29, 0.717) is 17.8 Å². The molecule has 1 saturated heterocycles. The van der Waals surface area contributed by atoms with E-state index in [4.69, 9.17) is 4.74 Å². The maximum Gasteiger partial charge on any atom is 0.422 e. The number of ether oxygens (including phenoxy) is 1. The number of hydrogen-bond acceptors (Lipinski definition) is 8. The molecular formula is C19H22F3N7OS. The van der Waals surface area contributed by atoms with E-state index in [9.17, 15) is 13.2 Å². The van der Waals surface area contributed by atoms with Crippen molar-refractivity contribution < 1.29 is 17.9 Å². The van der Waals surface area contributed by atoms with Gasteiger partial charge in [-0.1, -0.05) is 0 Å². The molecule has 31 heavy (non-hydrogen) atoms. The summed E-state index contributed by atoms with van der Waals surface area (Å²) in [5, 5.41) is 8.86. The Balaban J connectivity index is 1.34. The topological polar surface area (TPSA) is 80.5 Å². The van der Waals surface area contributed by atoms with Gasteiger partial charge in [0, 0.05) is 36.9 Å². The summed E-state index contributed by atoms with van der Waals surface area (Å²) < 4.78 is 48.6. The van der Waals surface area contributed by atoms with Gasteiger partial charge in [-0.15, -0.1) is 5.10 Å². The smallest absolute Gasteiger partial charge is 0.422 e. The summed E-state index contributed by atoms with van der Waals surface area (Å²) in [6.07, 6.45) is -0.491. The van der Waals surface area contributed by atoms with E-state index < -0.39 is 12.8 Å². The minimum Gasteiger partial charge on any atom is -0.480 e. The number of aryl methyl sites for hydroxylation is 2. The Morgan fingerprint density at radius 3 is 2.58 bits per heavy atom. The molecule has 2 bridgehead atoms. The van der Waals surface area contributed by atoms with E-state index in [1.165, 1.54) is 16.0 Å². The van der Waals surface area contributed by atoms with Crippen LogP contribution < -0.4 is 15.0 Å². The lowest BCUT2D eigenvalue weighted by molar-refractivity contribution is -0.153. The number of nitrogens with zero attached hydrogens (tertiary/aromatic N) is 6. The second-order valence-electron chi connectivity index (χ2n) is 8.29. The van der Waals surface area contributed by atoms with Crippen molar-refractivity contribution in [1.82, 2.24) is 24.0 Å². The van der Waals surface area contributed by atoms with E-state index >= 15 is 0 Å². The van der Waals surface area contributed by atoms with Crippen molar-refractivity contribution >= 4 is 28.3 Å². The highest BCUT2D eigenvalue weighted by molar-refractivity contribution is 7.09. The van der Waals surface area contributed by atoms with E-state index in [2.05, 4.69) is 29.7 Å². The first-order valence-electron chi connectivity index (χ1n) is 10.1. The van der Waals surface area contributed by atoms with Crippen molar-refractivity contribution in [2.45, 2.75) is 38.9 Å². The van der Waals surface area contributed by atoms with Gasteiger partial charge in [0.15, 0.2) is 18.0 Å². The highest BCUT2D eigenvalue weighted by Gasteiger charge is 2.43. The van der Waals surface area contributed by atoms with Crippen LogP contribution in [0.2, 0.25) is 0 Å². The predicted octanol–water partition coefficient (Wildman–Crippen LogP) is 3.47. The van der Waals surface area contributed by atoms with E-state index in [0.717, 1.165) is 42.5 Å². The summed E-state index contributed by atoms with van der Waals surface area (Å²) in [5.74, 6) is 2.10. The molecule has 5 rings (SSSR count). The third kappa shape index (κ3) is 4.12. The van der Waals surface area contributed by atoms with Crippen LogP contribution in [-0.4, -0.2) is 55.9 Å². The molecule has 12 heteroatoms. The highest BCUT2D eigenvalue weighted by atomic mass is 32.1. The average Bonchev–Trinajstić information content (AvgIpc) is 3.35. The summed E-state index contributed by atoms with van der Waals surface area (Å²) in [6.45, 7) is 4.08. The fourth-order valence-electron chi connectivity index (χ4n) is 4.59. The number of hydrogen-bond donors (Lipinski definition) is 1. The second kappa shape index (κ2) is 7.50. The first-order valence-corrected chi connectivity index (χ1v) is 10.9. The van der Waals surface area contributed by atoms with Crippen LogP contribution in [0.4, 0.5) is 24.3 Å². The minimum absolute atomic E-state index is 0.0716. The summed E-state index contributed by atoms with van der Waals surface area (Å²) in [6, 6.07) is 1.76. The van der Waals surface area contributed by atoms with E-state index in [1.807, 2.05) is 6.92 Å². The average molecular weight is 453 g/mol. The van der Waals surface area contributed by atoms with E-state index in [1.54, 1.807) is 19.2 Å². The largest absolute Gasteiger partial charge is 0.480 e. The van der Waals surface area contributed by atoms with Crippen LogP contribution in [0, 0.1) is 25.7 Å².